The minimum absolute atomic E-state index is 0.0528. The average molecular weight is 369 g/mol. The summed E-state index contributed by atoms with van der Waals surface area (Å²) in [4.78, 5) is 13.0. The van der Waals surface area contributed by atoms with Gasteiger partial charge in [0.15, 0.2) is 0 Å². The van der Waals surface area contributed by atoms with Gasteiger partial charge >= 0.3 is 0 Å². The third kappa shape index (κ3) is 3.65. The molecule has 1 spiro atoms. The van der Waals surface area contributed by atoms with Gasteiger partial charge in [0.25, 0.3) is 0 Å². The van der Waals surface area contributed by atoms with Crippen molar-refractivity contribution in [2.45, 2.75) is 31.7 Å². The smallest absolute Gasteiger partial charge is 0.224 e. The Morgan fingerprint density at radius 3 is 2.54 bits per heavy atom. The highest BCUT2D eigenvalue weighted by molar-refractivity contribution is 6.31. The fourth-order valence-electron chi connectivity index (χ4n) is 4.29. The third-order valence-electron chi connectivity index (χ3n) is 6.01. The zero-order chi connectivity index (χ0) is 18.0. The van der Waals surface area contributed by atoms with E-state index >= 15 is 0 Å². The lowest BCUT2D eigenvalue weighted by atomic mass is 9.91. The van der Waals surface area contributed by atoms with E-state index in [4.69, 9.17) is 11.6 Å². The van der Waals surface area contributed by atoms with Crippen LogP contribution in [0, 0.1) is 11.3 Å². The van der Waals surface area contributed by atoms with E-state index < -0.39 is 0 Å². The SMILES string of the molecule is O=C(NC(Cc1ccccc1Cl)c1ccccc1)C1CC12CCNCC2. The van der Waals surface area contributed by atoms with Crippen molar-refractivity contribution in [1.82, 2.24) is 10.6 Å². The first-order chi connectivity index (χ1) is 12.7. The second-order valence-corrected chi connectivity index (χ2v) is 8.04. The van der Waals surface area contributed by atoms with Crippen molar-refractivity contribution in [3.63, 3.8) is 0 Å². The predicted molar refractivity (Wildman–Crippen MR) is 105 cm³/mol. The lowest BCUT2D eigenvalue weighted by molar-refractivity contribution is -0.124. The van der Waals surface area contributed by atoms with Gasteiger partial charge in [-0.2, -0.15) is 0 Å². The Hall–Kier alpha value is -1.84. The van der Waals surface area contributed by atoms with E-state index in [0.717, 1.165) is 48.5 Å². The number of rotatable bonds is 5. The van der Waals surface area contributed by atoms with Gasteiger partial charge in [0.2, 0.25) is 5.91 Å². The van der Waals surface area contributed by atoms with Gasteiger partial charge in [-0.3, -0.25) is 4.79 Å². The van der Waals surface area contributed by atoms with Gasteiger partial charge in [-0.25, -0.2) is 0 Å². The molecule has 1 aliphatic heterocycles. The van der Waals surface area contributed by atoms with E-state index in [2.05, 4.69) is 22.8 Å². The molecule has 0 aromatic heterocycles. The van der Waals surface area contributed by atoms with Crippen molar-refractivity contribution in [3.05, 3.63) is 70.7 Å². The molecule has 2 aromatic carbocycles. The van der Waals surface area contributed by atoms with Gasteiger partial charge < -0.3 is 10.6 Å². The van der Waals surface area contributed by atoms with Gasteiger partial charge in [-0.1, -0.05) is 60.1 Å². The van der Waals surface area contributed by atoms with Crippen molar-refractivity contribution in [2.24, 2.45) is 11.3 Å². The van der Waals surface area contributed by atoms with E-state index in [1.807, 2.05) is 42.5 Å². The van der Waals surface area contributed by atoms with Crippen LogP contribution >= 0.6 is 11.6 Å². The Bertz CT molecular complexity index is 771. The van der Waals surface area contributed by atoms with Crippen molar-refractivity contribution in [1.29, 1.82) is 0 Å². The van der Waals surface area contributed by atoms with E-state index in [9.17, 15) is 4.79 Å². The van der Waals surface area contributed by atoms with Gasteiger partial charge in [0, 0.05) is 10.9 Å². The molecule has 0 bridgehead atoms. The normalized spacial score (nSPS) is 22.0. The monoisotopic (exact) mass is 368 g/mol. The summed E-state index contributed by atoms with van der Waals surface area (Å²) in [5.74, 6) is 0.370. The summed E-state index contributed by atoms with van der Waals surface area (Å²) in [6.07, 6.45) is 3.97. The summed E-state index contributed by atoms with van der Waals surface area (Å²) in [6.45, 7) is 2.07. The molecule has 2 aliphatic rings. The zero-order valence-corrected chi connectivity index (χ0v) is 15.6. The van der Waals surface area contributed by atoms with Crippen LogP contribution in [0.1, 0.15) is 36.4 Å². The van der Waals surface area contributed by atoms with Crippen molar-refractivity contribution in [3.8, 4) is 0 Å². The molecule has 26 heavy (non-hydrogen) atoms. The molecule has 2 atom stereocenters. The molecule has 2 unspecified atom stereocenters. The molecule has 136 valence electrons. The van der Waals surface area contributed by atoms with Crippen molar-refractivity contribution >= 4 is 17.5 Å². The van der Waals surface area contributed by atoms with Crippen LogP contribution in [0.2, 0.25) is 5.02 Å². The lowest BCUT2D eigenvalue weighted by Gasteiger charge is -2.25. The van der Waals surface area contributed by atoms with Crippen LogP contribution in [-0.2, 0) is 11.2 Å². The summed E-state index contributed by atoms with van der Waals surface area (Å²) in [6, 6.07) is 18.0. The van der Waals surface area contributed by atoms with Crippen LogP contribution in [0.15, 0.2) is 54.6 Å². The van der Waals surface area contributed by atoms with E-state index in [-0.39, 0.29) is 23.3 Å². The molecule has 1 saturated heterocycles. The largest absolute Gasteiger partial charge is 0.349 e. The predicted octanol–water partition coefficient (Wildman–Crippen LogP) is 4.13. The average Bonchev–Trinajstić information content (AvgIpc) is 3.37. The lowest BCUT2D eigenvalue weighted by Crippen LogP contribution is -2.35. The standard InChI is InChI=1S/C22H25ClN2O/c23-19-9-5-4-8-17(19)14-20(16-6-2-1-3-7-16)25-21(26)18-15-22(18)10-12-24-13-11-22/h1-9,18,20,24H,10-15H2,(H,25,26). The molecule has 1 heterocycles. The number of carbonyl (C=O) groups is 1. The summed E-state index contributed by atoms with van der Waals surface area (Å²) < 4.78 is 0. The molecule has 3 nitrogen and oxygen atoms in total. The van der Waals surface area contributed by atoms with Crippen molar-refractivity contribution < 1.29 is 4.79 Å². The maximum Gasteiger partial charge on any atom is 0.224 e. The minimum atomic E-state index is -0.0528. The molecule has 4 rings (SSSR count). The molecule has 1 amide bonds. The van der Waals surface area contributed by atoms with Crippen molar-refractivity contribution in [2.75, 3.05) is 13.1 Å². The highest BCUT2D eigenvalue weighted by atomic mass is 35.5. The Morgan fingerprint density at radius 1 is 1.12 bits per heavy atom. The van der Waals surface area contributed by atoms with Crippen LogP contribution in [0.5, 0.6) is 0 Å². The number of carbonyl (C=O) groups excluding carboxylic acids is 1. The third-order valence-corrected chi connectivity index (χ3v) is 6.37. The topological polar surface area (TPSA) is 41.1 Å². The van der Waals surface area contributed by atoms with Crippen LogP contribution in [0.25, 0.3) is 0 Å². The van der Waals surface area contributed by atoms with Gasteiger partial charge in [0.1, 0.15) is 0 Å². The number of halogens is 1. The fraction of sp³-hybridized carbons (Fsp3) is 0.409. The Kier molecular flexibility index (Phi) is 5.01. The maximum absolute atomic E-state index is 13.0. The van der Waals surface area contributed by atoms with E-state index in [1.165, 1.54) is 0 Å². The maximum atomic E-state index is 13.0. The molecular formula is C22H25ClN2O. The second kappa shape index (κ2) is 7.42. The van der Waals surface area contributed by atoms with Gasteiger partial charge in [-0.15, -0.1) is 0 Å². The molecular weight excluding hydrogens is 344 g/mol. The number of hydrogen-bond acceptors (Lipinski definition) is 2. The molecule has 1 aliphatic carbocycles. The summed E-state index contributed by atoms with van der Waals surface area (Å²) >= 11 is 6.36. The first-order valence-corrected chi connectivity index (χ1v) is 9.85. The van der Waals surface area contributed by atoms with Crippen LogP contribution < -0.4 is 10.6 Å². The molecule has 2 fully saturated rings. The Labute approximate surface area is 160 Å². The highest BCUT2D eigenvalue weighted by Gasteiger charge is 2.57. The quantitative estimate of drug-likeness (QED) is 0.833. The number of piperidine rings is 1. The number of amides is 1. The summed E-state index contributed by atoms with van der Waals surface area (Å²) in [7, 11) is 0. The number of benzene rings is 2. The number of hydrogen-bond donors (Lipinski definition) is 2. The minimum Gasteiger partial charge on any atom is -0.349 e. The zero-order valence-electron chi connectivity index (χ0n) is 14.9. The highest BCUT2D eigenvalue weighted by Crippen LogP contribution is 2.58. The number of nitrogens with one attached hydrogen (secondary N) is 2. The van der Waals surface area contributed by atoms with Crippen LogP contribution in [0.3, 0.4) is 0 Å². The first kappa shape index (κ1) is 17.6. The summed E-state index contributed by atoms with van der Waals surface area (Å²) in [5, 5.41) is 7.48. The van der Waals surface area contributed by atoms with E-state index in [0.29, 0.717) is 6.42 Å². The Morgan fingerprint density at radius 2 is 1.81 bits per heavy atom. The van der Waals surface area contributed by atoms with Crippen LogP contribution in [-0.4, -0.2) is 19.0 Å². The molecule has 2 N–H and O–H groups in total. The van der Waals surface area contributed by atoms with E-state index in [1.54, 1.807) is 0 Å². The Balaban J connectivity index is 1.50. The van der Waals surface area contributed by atoms with Gasteiger partial charge in [-0.05, 0) is 61.4 Å². The summed E-state index contributed by atoms with van der Waals surface area (Å²) in [5.41, 5.74) is 2.44. The molecule has 1 saturated carbocycles. The fourth-order valence-corrected chi connectivity index (χ4v) is 4.50. The molecule has 4 heteroatoms. The van der Waals surface area contributed by atoms with Crippen LogP contribution in [0.4, 0.5) is 0 Å². The molecule has 0 radical (unpaired) electrons. The first-order valence-electron chi connectivity index (χ1n) is 9.47. The molecule has 2 aromatic rings. The van der Waals surface area contributed by atoms with Gasteiger partial charge in [0.05, 0.1) is 6.04 Å². The second-order valence-electron chi connectivity index (χ2n) is 7.64.